The molecule has 3 atom stereocenters. The van der Waals surface area contributed by atoms with Gasteiger partial charge in [-0.15, -0.1) is 0 Å². The minimum atomic E-state index is -4.60. The van der Waals surface area contributed by atoms with Crippen LogP contribution in [0.15, 0.2) is 48.6 Å². The van der Waals surface area contributed by atoms with E-state index >= 15 is 0 Å². The normalized spacial score (nSPS) is 14.5. The molecule has 8 nitrogen and oxygen atoms in total. The Morgan fingerprint density at radius 1 is 0.556 bits per heavy atom. The largest absolute Gasteiger partial charge is 0.756 e. The Morgan fingerprint density at radius 2 is 0.937 bits per heavy atom. The molecule has 0 aliphatic rings. The third-order valence-electron chi connectivity index (χ3n) is 11.8. The van der Waals surface area contributed by atoms with Gasteiger partial charge < -0.3 is 28.8 Å². The number of rotatable bonds is 48. The first-order valence-electron chi connectivity index (χ1n) is 26.5. The van der Waals surface area contributed by atoms with Crippen molar-refractivity contribution in [1.82, 2.24) is 5.32 Å². The van der Waals surface area contributed by atoms with Gasteiger partial charge in [0.25, 0.3) is 7.82 Å². The highest BCUT2D eigenvalue weighted by Crippen LogP contribution is 2.38. The molecule has 3 unspecified atom stereocenters. The maximum Gasteiger partial charge on any atom is 0.268 e. The lowest BCUT2D eigenvalue weighted by molar-refractivity contribution is -0.870. The molecule has 0 spiro atoms. The maximum atomic E-state index is 12.9. The topological polar surface area (TPSA) is 108 Å². The van der Waals surface area contributed by atoms with Crippen LogP contribution in [0.5, 0.6) is 0 Å². The highest BCUT2D eigenvalue weighted by Gasteiger charge is 2.23. The monoisotopic (exact) mass is 907 g/mol. The van der Waals surface area contributed by atoms with Gasteiger partial charge in [0.15, 0.2) is 0 Å². The molecular formula is C54H103N2O6P. The molecule has 0 aromatic heterocycles. The number of nitrogens with zero attached hydrogens (tertiary/aromatic N) is 1. The van der Waals surface area contributed by atoms with Crippen molar-refractivity contribution in [2.75, 3.05) is 40.9 Å². The highest BCUT2D eigenvalue weighted by atomic mass is 31.2. The van der Waals surface area contributed by atoms with Crippen LogP contribution in [0.1, 0.15) is 239 Å². The molecule has 63 heavy (non-hydrogen) atoms. The summed E-state index contributed by atoms with van der Waals surface area (Å²) >= 11 is 0. The van der Waals surface area contributed by atoms with E-state index in [2.05, 4.69) is 55.6 Å². The molecule has 0 saturated carbocycles. The number of aliphatic hydroxyl groups excluding tert-OH is 1. The van der Waals surface area contributed by atoms with Gasteiger partial charge in [-0.05, 0) is 64.2 Å². The van der Waals surface area contributed by atoms with Gasteiger partial charge in [0.05, 0.1) is 39.9 Å². The lowest BCUT2D eigenvalue weighted by Gasteiger charge is -2.29. The lowest BCUT2D eigenvalue weighted by Crippen LogP contribution is -2.45. The summed E-state index contributed by atoms with van der Waals surface area (Å²) in [5.41, 5.74) is 0. The Kier molecular flexibility index (Phi) is 44.5. The van der Waals surface area contributed by atoms with Crippen LogP contribution >= 0.6 is 7.82 Å². The molecule has 0 bridgehead atoms. The van der Waals surface area contributed by atoms with E-state index in [-0.39, 0.29) is 12.5 Å². The number of carbonyl (C=O) groups is 1. The summed E-state index contributed by atoms with van der Waals surface area (Å²) in [6.45, 7) is 4.63. The Labute approximate surface area is 390 Å². The zero-order chi connectivity index (χ0) is 46.4. The van der Waals surface area contributed by atoms with Crippen LogP contribution in [0, 0.1) is 0 Å². The predicted molar refractivity (Wildman–Crippen MR) is 270 cm³/mol. The Morgan fingerprint density at radius 3 is 1.38 bits per heavy atom. The average Bonchev–Trinajstić information content (AvgIpc) is 3.24. The summed E-state index contributed by atoms with van der Waals surface area (Å²) in [5, 5.41) is 13.8. The van der Waals surface area contributed by atoms with Crippen LogP contribution in [0.3, 0.4) is 0 Å². The molecule has 2 N–H and O–H groups in total. The van der Waals surface area contributed by atoms with E-state index in [0.29, 0.717) is 17.4 Å². The second-order valence-electron chi connectivity index (χ2n) is 19.2. The smallest absolute Gasteiger partial charge is 0.268 e. The molecule has 0 fully saturated rings. The van der Waals surface area contributed by atoms with Crippen LogP contribution in [0.25, 0.3) is 0 Å². The number of hydrogen-bond acceptors (Lipinski definition) is 6. The quantitative estimate of drug-likeness (QED) is 0.0272. The first-order valence-corrected chi connectivity index (χ1v) is 28.0. The summed E-state index contributed by atoms with van der Waals surface area (Å²) in [6.07, 6.45) is 58.9. The molecule has 0 rings (SSSR count). The van der Waals surface area contributed by atoms with E-state index in [0.717, 1.165) is 44.9 Å². The molecule has 0 aliphatic carbocycles. The van der Waals surface area contributed by atoms with Crippen molar-refractivity contribution in [3.05, 3.63) is 48.6 Å². The van der Waals surface area contributed by atoms with Crippen LogP contribution in [-0.2, 0) is 18.4 Å². The van der Waals surface area contributed by atoms with Crippen LogP contribution in [0.4, 0.5) is 0 Å². The number of carbonyl (C=O) groups excluding carboxylic acids is 1. The van der Waals surface area contributed by atoms with Crippen molar-refractivity contribution in [1.29, 1.82) is 0 Å². The molecule has 1 amide bonds. The van der Waals surface area contributed by atoms with Crippen molar-refractivity contribution in [2.45, 2.75) is 251 Å². The number of phosphoric acid groups is 1. The van der Waals surface area contributed by atoms with Gasteiger partial charge in [0.1, 0.15) is 13.2 Å². The summed E-state index contributed by atoms with van der Waals surface area (Å²) < 4.78 is 23.3. The number of nitrogens with one attached hydrogen (secondary N) is 1. The number of likely N-dealkylation sites (N-methyl/N-ethyl adjacent to an activating group) is 1. The molecule has 9 heteroatoms. The standard InChI is InChI=1S/C54H103N2O6P/c1-6-8-10-12-14-16-18-20-22-24-25-26-27-28-29-30-31-32-34-36-38-40-42-44-46-48-54(58)55-52(51-62-63(59,60)61-50-49-56(3,4)5)53(57)47-45-43-41-39-37-35-33-23-21-19-17-15-13-11-9-7-2/h25-26,28-29,37,39,45,47,52-53,57H,6-24,27,30-36,38,40-44,46,48-51H2,1-5H3,(H-,55,58,59,60)/b26-25-,29-28-,39-37+,47-45+. The Balaban J connectivity index is 4.29. The fourth-order valence-electron chi connectivity index (χ4n) is 7.55. The van der Waals surface area contributed by atoms with Gasteiger partial charge in [-0.2, -0.15) is 0 Å². The number of phosphoric ester groups is 1. The van der Waals surface area contributed by atoms with Crippen molar-refractivity contribution in [2.24, 2.45) is 0 Å². The molecule has 0 aromatic rings. The van der Waals surface area contributed by atoms with E-state index in [1.165, 1.54) is 173 Å². The summed E-state index contributed by atoms with van der Waals surface area (Å²) in [6, 6.07) is -0.906. The van der Waals surface area contributed by atoms with Gasteiger partial charge in [-0.1, -0.05) is 217 Å². The van der Waals surface area contributed by atoms with Gasteiger partial charge in [0.2, 0.25) is 5.91 Å². The second kappa shape index (κ2) is 45.6. The van der Waals surface area contributed by atoms with Crippen molar-refractivity contribution >= 4 is 13.7 Å². The fraction of sp³-hybridized carbons (Fsp3) is 0.833. The van der Waals surface area contributed by atoms with E-state index in [1.807, 2.05) is 27.2 Å². The number of amides is 1. The highest BCUT2D eigenvalue weighted by molar-refractivity contribution is 7.45. The third kappa shape index (κ3) is 48.2. The zero-order valence-electron chi connectivity index (χ0n) is 42.0. The first-order chi connectivity index (χ1) is 30.5. The van der Waals surface area contributed by atoms with E-state index in [9.17, 15) is 19.4 Å². The molecule has 370 valence electrons. The summed E-state index contributed by atoms with van der Waals surface area (Å²) in [4.78, 5) is 25.4. The SMILES string of the molecule is CCCCCCCCCCC/C=C\C/C=C\CCCCCCCCCCCC(=O)NC(COP(=O)([O-])OCC[N+](C)(C)C)C(O)/C=C/CC/C=C/CCCCCCCCCCCC. The zero-order valence-corrected chi connectivity index (χ0v) is 42.9. The van der Waals surface area contributed by atoms with Gasteiger partial charge >= 0.3 is 0 Å². The van der Waals surface area contributed by atoms with E-state index in [1.54, 1.807) is 6.08 Å². The number of allylic oxidation sites excluding steroid dienone is 7. The lowest BCUT2D eigenvalue weighted by atomic mass is 10.1. The molecule has 0 saturated heterocycles. The van der Waals surface area contributed by atoms with E-state index in [4.69, 9.17) is 9.05 Å². The van der Waals surface area contributed by atoms with Crippen LogP contribution in [0.2, 0.25) is 0 Å². The molecule has 0 heterocycles. The maximum absolute atomic E-state index is 12.9. The molecule has 0 radical (unpaired) electrons. The molecule has 0 aromatic carbocycles. The first kappa shape index (κ1) is 61.5. The van der Waals surface area contributed by atoms with Crippen molar-refractivity contribution in [3.63, 3.8) is 0 Å². The minimum Gasteiger partial charge on any atom is -0.756 e. The van der Waals surface area contributed by atoms with Crippen LogP contribution < -0.4 is 10.2 Å². The fourth-order valence-corrected chi connectivity index (χ4v) is 8.28. The third-order valence-corrected chi connectivity index (χ3v) is 12.7. The van der Waals surface area contributed by atoms with E-state index < -0.39 is 26.6 Å². The Bertz CT molecular complexity index is 1170. The number of aliphatic hydroxyl groups is 1. The Hall–Kier alpha value is -1.54. The number of unbranched alkanes of at least 4 members (excludes halogenated alkanes) is 29. The van der Waals surface area contributed by atoms with Gasteiger partial charge in [-0.3, -0.25) is 9.36 Å². The minimum absolute atomic E-state index is 0.00811. The average molecular weight is 907 g/mol. The summed E-state index contributed by atoms with van der Waals surface area (Å²) in [7, 11) is 1.24. The summed E-state index contributed by atoms with van der Waals surface area (Å²) in [5.74, 6) is -0.211. The predicted octanol–water partition coefficient (Wildman–Crippen LogP) is 15.0. The number of hydrogen-bond donors (Lipinski definition) is 2. The van der Waals surface area contributed by atoms with Crippen molar-refractivity contribution in [3.8, 4) is 0 Å². The molecular weight excluding hydrogens is 804 g/mol. The van der Waals surface area contributed by atoms with Gasteiger partial charge in [-0.25, -0.2) is 0 Å². The van der Waals surface area contributed by atoms with Crippen LogP contribution in [-0.4, -0.2) is 68.5 Å². The number of quaternary nitrogens is 1. The van der Waals surface area contributed by atoms with Gasteiger partial charge in [0, 0.05) is 6.42 Å². The molecule has 0 aliphatic heterocycles. The van der Waals surface area contributed by atoms with Crippen molar-refractivity contribution < 1.29 is 32.9 Å². The second-order valence-corrected chi connectivity index (χ2v) is 20.6.